The fourth-order valence-electron chi connectivity index (χ4n) is 3.13. The van der Waals surface area contributed by atoms with Gasteiger partial charge in [0.1, 0.15) is 0 Å². The monoisotopic (exact) mass is 256 g/mol. The zero-order valence-corrected chi connectivity index (χ0v) is 12.7. The molecule has 0 saturated heterocycles. The van der Waals surface area contributed by atoms with Crippen LogP contribution >= 0.6 is 0 Å². The summed E-state index contributed by atoms with van der Waals surface area (Å²) in [6, 6.07) is 0.707. The zero-order chi connectivity index (χ0) is 13.6. The fraction of sp³-hybridized carbons (Fsp3) is 1.00. The molecule has 3 heteroatoms. The lowest BCUT2D eigenvalue weighted by Gasteiger charge is -2.45. The maximum Gasteiger partial charge on any atom is 0.0480 e. The van der Waals surface area contributed by atoms with Crippen molar-refractivity contribution in [1.82, 2.24) is 4.90 Å². The largest absolute Gasteiger partial charge is 0.385 e. The van der Waals surface area contributed by atoms with Crippen LogP contribution < -0.4 is 5.73 Å². The van der Waals surface area contributed by atoms with Gasteiger partial charge in [0.05, 0.1) is 0 Å². The molecule has 0 aromatic carbocycles. The Balaban J connectivity index is 2.53. The van der Waals surface area contributed by atoms with Gasteiger partial charge in [-0.05, 0) is 52.0 Å². The summed E-state index contributed by atoms with van der Waals surface area (Å²) in [4.78, 5) is 2.53. The van der Waals surface area contributed by atoms with E-state index in [0.29, 0.717) is 12.6 Å². The van der Waals surface area contributed by atoms with Crippen molar-refractivity contribution in [2.24, 2.45) is 11.7 Å². The summed E-state index contributed by atoms with van der Waals surface area (Å²) >= 11 is 0. The minimum atomic E-state index is 0.0831. The van der Waals surface area contributed by atoms with Gasteiger partial charge in [0.15, 0.2) is 0 Å². The van der Waals surface area contributed by atoms with Crippen LogP contribution in [0.15, 0.2) is 0 Å². The molecule has 18 heavy (non-hydrogen) atoms. The van der Waals surface area contributed by atoms with Gasteiger partial charge in [0.2, 0.25) is 0 Å². The molecule has 3 nitrogen and oxygen atoms in total. The van der Waals surface area contributed by atoms with E-state index in [0.717, 1.165) is 18.9 Å². The smallest absolute Gasteiger partial charge is 0.0480 e. The van der Waals surface area contributed by atoms with E-state index in [2.05, 4.69) is 25.8 Å². The van der Waals surface area contributed by atoms with E-state index in [-0.39, 0.29) is 5.54 Å². The van der Waals surface area contributed by atoms with Gasteiger partial charge in [-0.15, -0.1) is 0 Å². The second kappa shape index (κ2) is 7.46. The predicted octanol–water partition coefficient (Wildman–Crippen LogP) is 2.64. The summed E-state index contributed by atoms with van der Waals surface area (Å²) in [5.41, 5.74) is 6.09. The molecule has 0 heterocycles. The predicted molar refractivity (Wildman–Crippen MR) is 77.8 cm³/mol. The van der Waals surface area contributed by atoms with Crippen LogP contribution in [0.2, 0.25) is 0 Å². The van der Waals surface area contributed by atoms with Crippen LogP contribution in [0.4, 0.5) is 0 Å². The molecule has 108 valence electrons. The summed E-state index contributed by atoms with van der Waals surface area (Å²) < 4.78 is 5.23. The highest BCUT2D eigenvalue weighted by molar-refractivity contribution is 4.91. The van der Waals surface area contributed by atoms with E-state index in [1.807, 2.05) is 0 Å². The number of nitrogens with two attached hydrogens (primary N) is 1. The van der Waals surface area contributed by atoms with Crippen molar-refractivity contribution in [1.29, 1.82) is 0 Å². The highest BCUT2D eigenvalue weighted by atomic mass is 16.5. The third-order valence-corrected chi connectivity index (χ3v) is 5.08. The molecule has 1 rings (SSSR count). The second-order valence-corrected chi connectivity index (χ2v) is 6.14. The summed E-state index contributed by atoms with van der Waals surface area (Å²) in [5.74, 6) is 0.956. The molecule has 0 aliphatic heterocycles. The van der Waals surface area contributed by atoms with Gasteiger partial charge in [-0.25, -0.2) is 0 Å². The number of methoxy groups -OCH3 is 1. The Morgan fingerprint density at radius 1 is 1.28 bits per heavy atom. The Kier molecular flexibility index (Phi) is 6.61. The van der Waals surface area contributed by atoms with Crippen molar-refractivity contribution in [3.8, 4) is 0 Å². The summed E-state index contributed by atoms with van der Waals surface area (Å²) in [7, 11) is 4.02. The number of ether oxygens (including phenoxy) is 1. The van der Waals surface area contributed by atoms with Gasteiger partial charge < -0.3 is 10.5 Å². The van der Waals surface area contributed by atoms with Gasteiger partial charge in [-0.2, -0.15) is 0 Å². The first kappa shape index (κ1) is 15.9. The van der Waals surface area contributed by atoms with Gasteiger partial charge in [0.25, 0.3) is 0 Å². The lowest BCUT2D eigenvalue weighted by atomic mass is 9.82. The molecule has 0 aromatic rings. The molecule has 1 aliphatic rings. The summed E-state index contributed by atoms with van der Waals surface area (Å²) in [6.45, 7) is 6.10. The summed E-state index contributed by atoms with van der Waals surface area (Å²) in [6.07, 6.45) is 7.79. The standard InChI is InChI=1S/C15H32N2O/c1-5-13-6-8-14(9-7-13)17(3)15(2,12-16)10-11-18-4/h13-14H,5-12,16H2,1-4H3. The molecule has 1 saturated carbocycles. The van der Waals surface area contributed by atoms with Gasteiger partial charge in [0, 0.05) is 31.8 Å². The molecule has 0 bridgehead atoms. The first-order valence-corrected chi connectivity index (χ1v) is 7.49. The highest BCUT2D eigenvalue weighted by Crippen LogP contribution is 2.32. The lowest BCUT2D eigenvalue weighted by molar-refractivity contribution is 0.0355. The normalized spacial score (nSPS) is 28.3. The van der Waals surface area contributed by atoms with E-state index in [4.69, 9.17) is 10.5 Å². The molecule has 1 unspecified atom stereocenters. The van der Waals surface area contributed by atoms with Crippen molar-refractivity contribution in [2.75, 3.05) is 27.3 Å². The maximum absolute atomic E-state index is 6.01. The highest BCUT2D eigenvalue weighted by Gasteiger charge is 2.34. The first-order valence-electron chi connectivity index (χ1n) is 7.49. The average Bonchev–Trinajstić information content (AvgIpc) is 2.44. The Labute approximate surface area is 113 Å². The van der Waals surface area contributed by atoms with E-state index < -0.39 is 0 Å². The topological polar surface area (TPSA) is 38.5 Å². The van der Waals surface area contributed by atoms with Crippen LogP contribution in [0.1, 0.15) is 52.4 Å². The van der Waals surface area contributed by atoms with Crippen LogP contribution in [0, 0.1) is 5.92 Å². The van der Waals surface area contributed by atoms with E-state index in [9.17, 15) is 0 Å². The molecule has 0 radical (unpaired) electrons. The number of rotatable bonds is 7. The number of likely N-dealkylation sites (N-methyl/N-ethyl adjacent to an activating group) is 1. The fourth-order valence-corrected chi connectivity index (χ4v) is 3.13. The van der Waals surface area contributed by atoms with Gasteiger partial charge >= 0.3 is 0 Å². The molecule has 0 spiro atoms. The van der Waals surface area contributed by atoms with Crippen molar-refractivity contribution < 1.29 is 4.74 Å². The first-order chi connectivity index (χ1) is 8.57. The number of hydrogen-bond acceptors (Lipinski definition) is 3. The van der Waals surface area contributed by atoms with Crippen LogP contribution in [-0.4, -0.2) is 43.8 Å². The van der Waals surface area contributed by atoms with Crippen LogP contribution in [0.5, 0.6) is 0 Å². The van der Waals surface area contributed by atoms with Gasteiger partial charge in [-0.3, -0.25) is 4.90 Å². The third-order valence-electron chi connectivity index (χ3n) is 5.08. The Bertz CT molecular complexity index is 227. The Morgan fingerprint density at radius 3 is 2.33 bits per heavy atom. The number of nitrogens with zero attached hydrogens (tertiary/aromatic N) is 1. The Hall–Kier alpha value is -0.120. The molecule has 2 N–H and O–H groups in total. The Morgan fingerprint density at radius 2 is 1.89 bits per heavy atom. The minimum Gasteiger partial charge on any atom is -0.385 e. The third kappa shape index (κ3) is 3.94. The zero-order valence-electron chi connectivity index (χ0n) is 12.7. The second-order valence-electron chi connectivity index (χ2n) is 6.14. The molecular weight excluding hydrogens is 224 g/mol. The van der Waals surface area contributed by atoms with Crippen LogP contribution in [-0.2, 0) is 4.74 Å². The van der Waals surface area contributed by atoms with Crippen LogP contribution in [0.3, 0.4) is 0 Å². The minimum absolute atomic E-state index is 0.0831. The molecule has 0 amide bonds. The van der Waals surface area contributed by atoms with Crippen molar-refractivity contribution in [3.05, 3.63) is 0 Å². The lowest BCUT2D eigenvalue weighted by Crippen LogP contribution is -2.55. The van der Waals surface area contributed by atoms with Crippen molar-refractivity contribution >= 4 is 0 Å². The quantitative estimate of drug-likeness (QED) is 0.761. The maximum atomic E-state index is 6.01. The average molecular weight is 256 g/mol. The van der Waals surface area contributed by atoms with E-state index >= 15 is 0 Å². The van der Waals surface area contributed by atoms with Crippen LogP contribution in [0.25, 0.3) is 0 Å². The van der Waals surface area contributed by atoms with Crippen molar-refractivity contribution in [2.45, 2.75) is 64.0 Å². The molecule has 1 aliphatic carbocycles. The van der Waals surface area contributed by atoms with E-state index in [1.54, 1.807) is 7.11 Å². The van der Waals surface area contributed by atoms with E-state index in [1.165, 1.54) is 32.1 Å². The number of hydrogen-bond donors (Lipinski definition) is 1. The molecular formula is C15H32N2O. The summed E-state index contributed by atoms with van der Waals surface area (Å²) in [5, 5.41) is 0. The molecule has 0 aromatic heterocycles. The van der Waals surface area contributed by atoms with Crippen molar-refractivity contribution in [3.63, 3.8) is 0 Å². The molecule has 1 atom stereocenters. The van der Waals surface area contributed by atoms with Gasteiger partial charge in [-0.1, -0.05) is 13.3 Å². The molecule has 1 fully saturated rings. The SMILES string of the molecule is CCC1CCC(N(C)C(C)(CN)CCOC)CC1.